The molecular formula is C20H23N3O4. The summed E-state index contributed by atoms with van der Waals surface area (Å²) < 4.78 is 10.5. The summed E-state index contributed by atoms with van der Waals surface area (Å²) in [4.78, 5) is 23.6. The first-order valence-electron chi connectivity index (χ1n) is 8.45. The van der Waals surface area contributed by atoms with Gasteiger partial charge < -0.3 is 14.8 Å². The second-order valence-corrected chi connectivity index (χ2v) is 5.68. The van der Waals surface area contributed by atoms with Crippen LogP contribution >= 0.6 is 0 Å². The Kier molecular flexibility index (Phi) is 6.93. The van der Waals surface area contributed by atoms with Crippen molar-refractivity contribution >= 4 is 23.2 Å². The number of nitrogens with zero attached hydrogens (tertiary/aromatic N) is 1. The number of hydrogen-bond acceptors (Lipinski definition) is 5. The molecule has 0 saturated heterocycles. The summed E-state index contributed by atoms with van der Waals surface area (Å²) in [6, 6.07) is 11.9. The predicted octanol–water partition coefficient (Wildman–Crippen LogP) is 3.21. The highest BCUT2D eigenvalue weighted by Gasteiger charge is 2.10. The smallest absolute Gasteiger partial charge is 0.271 e. The third kappa shape index (κ3) is 5.31. The molecule has 0 saturated carbocycles. The number of ether oxygens (including phenoxy) is 2. The Morgan fingerprint density at radius 2 is 1.74 bits per heavy atom. The zero-order valence-electron chi connectivity index (χ0n) is 15.8. The van der Waals surface area contributed by atoms with Crippen molar-refractivity contribution in [3.8, 4) is 11.5 Å². The lowest BCUT2D eigenvalue weighted by Gasteiger charge is -2.10. The summed E-state index contributed by atoms with van der Waals surface area (Å²) in [5.41, 5.74) is 4.94. The molecule has 0 aromatic heterocycles. The van der Waals surface area contributed by atoms with Crippen molar-refractivity contribution in [2.24, 2.45) is 5.10 Å². The molecule has 2 rings (SSSR count). The fraction of sp³-hybridized carbons (Fsp3) is 0.250. The van der Waals surface area contributed by atoms with Crippen LogP contribution in [0.1, 0.15) is 36.2 Å². The van der Waals surface area contributed by atoms with E-state index < -0.39 is 0 Å². The topological polar surface area (TPSA) is 89.0 Å². The summed E-state index contributed by atoms with van der Waals surface area (Å²) >= 11 is 0. The predicted molar refractivity (Wildman–Crippen MR) is 105 cm³/mol. The van der Waals surface area contributed by atoms with Crippen LogP contribution in [0.3, 0.4) is 0 Å². The van der Waals surface area contributed by atoms with Crippen molar-refractivity contribution in [2.45, 2.75) is 20.3 Å². The summed E-state index contributed by atoms with van der Waals surface area (Å²) in [6.07, 6.45) is 0.394. The van der Waals surface area contributed by atoms with Gasteiger partial charge >= 0.3 is 0 Å². The molecular weight excluding hydrogens is 346 g/mol. The van der Waals surface area contributed by atoms with E-state index in [-0.39, 0.29) is 11.8 Å². The number of hydrazone groups is 1. The molecule has 0 heterocycles. The Hall–Kier alpha value is -3.35. The highest BCUT2D eigenvalue weighted by Crippen LogP contribution is 2.25. The number of benzene rings is 2. The molecule has 0 aliphatic carbocycles. The van der Waals surface area contributed by atoms with Crippen LogP contribution in [0.15, 0.2) is 47.6 Å². The van der Waals surface area contributed by atoms with Crippen LogP contribution in [0.25, 0.3) is 0 Å². The molecule has 0 atom stereocenters. The first-order chi connectivity index (χ1) is 13.0. The second-order valence-electron chi connectivity index (χ2n) is 5.68. The lowest BCUT2D eigenvalue weighted by molar-refractivity contribution is -0.115. The van der Waals surface area contributed by atoms with E-state index in [9.17, 15) is 9.59 Å². The van der Waals surface area contributed by atoms with Gasteiger partial charge in [-0.3, -0.25) is 9.59 Å². The fourth-order valence-electron chi connectivity index (χ4n) is 2.31. The Labute approximate surface area is 158 Å². The molecule has 142 valence electrons. The minimum atomic E-state index is -0.352. The van der Waals surface area contributed by atoms with Crippen LogP contribution in [-0.4, -0.2) is 31.7 Å². The second kappa shape index (κ2) is 9.38. The van der Waals surface area contributed by atoms with Crippen molar-refractivity contribution in [1.82, 2.24) is 5.43 Å². The van der Waals surface area contributed by atoms with E-state index >= 15 is 0 Å². The molecule has 0 unspecified atom stereocenters. The van der Waals surface area contributed by atoms with Gasteiger partial charge in [-0.1, -0.05) is 6.92 Å². The molecule has 2 aromatic rings. The number of rotatable bonds is 7. The third-order valence-electron chi connectivity index (χ3n) is 3.88. The van der Waals surface area contributed by atoms with Crippen LogP contribution < -0.4 is 20.2 Å². The maximum atomic E-state index is 12.3. The van der Waals surface area contributed by atoms with Gasteiger partial charge in [0.1, 0.15) is 11.5 Å². The molecule has 0 bridgehead atoms. The summed E-state index contributed by atoms with van der Waals surface area (Å²) in [6.45, 7) is 3.54. The Balaban J connectivity index is 2.08. The first-order valence-corrected chi connectivity index (χ1v) is 8.45. The number of amides is 2. The fourth-order valence-corrected chi connectivity index (χ4v) is 2.31. The molecule has 0 aliphatic heterocycles. The lowest BCUT2D eigenvalue weighted by atomic mass is 10.1. The van der Waals surface area contributed by atoms with Gasteiger partial charge in [0, 0.05) is 29.3 Å². The molecule has 7 heteroatoms. The van der Waals surface area contributed by atoms with Crippen molar-refractivity contribution in [1.29, 1.82) is 0 Å². The molecule has 7 nitrogen and oxygen atoms in total. The lowest BCUT2D eigenvalue weighted by Crippen LogP contribution is -2.19. The van der Waals surface area contributed by atoms with Gasteiger partial charge in [-0.2, -0.15) is 5.10 Å². The van der Waals surface area contributed by atoms with Gasteiger partial charge in [-0.25, -0.2) is 5.43 Å². The van der Waals surface area contributed by atoms with E-state index in [1.807, 2.05) is 6.07 Å². The third-order valence-corrected chi connectivity index (χ3v) is 3.88. The average molecular weight is 369 g/mol. The summed E-state index contributed by atoms with van der Waals surface area (Å²) in [5.74, 6) is 0.833. The van der Waals surface area contributed by atoms with Gasteiger partial charge in [0.15, 0.2) is 0 Å². The van der Waals surface area contributed by atoms with Crippen molar-refractivity contribution < 1.29 is 19.1 Å². The molecule has 2 amide bonds. The van der Waals surface area contributed by atoms with Gasteiger partial charge in [0.05, 0.1) is 19.9 Å². The van der Waals surface area contributed by atoms with E-state index in [4.69, 9.17) is 9.47 Å². The Morgan fingerprint density at radius 3 is 2.33 bits per heavy atom. The standard InChI is InChI=1S/C20H23N3O4/c1-5-19(24)21-15-8-6-14(7-9-15)20(25)23-22-13(2)17-11-10-16(26-3)12-18(17)27-4/h6-12H,5H2,1-4H3,(H,21,24)(H,23,25). The number of hydrogen-bond donors (Lipinski definition) is 2. The van der Waals surface area contributed by atoms with Gasteiger partial charge in [-0.05, 0) is 43.3 Å². The van der Waals surface area contributed by atoms with E-state index in [2.05, 4.69) is 15.8 Å². The van der Waals surface area contributed by atoms with Crippen LogP contribution in [0.2, 0.25) is 0 Å². The molecule has 0 radical (unpaired) electrons. The highest BCUT2D eigenvalue weighted by atomic mass is 16.5. The number of carbonyl (C=O) groups is 2. The maximum Gasteiger partial charge on any atom is 0.271 e. The van der Waals surface area contributed by atoms with Gasteiger partial charge in [0.25, 0.3) is 5.91 Å². The molecule has 2 N–H and O–H groups in total. The van der Waals surface area contributed by atoms with Crippen LogP contribution in [0, 0.1) is 0 Å². The van der Waals surface area contributed by atoms with Crippen molar-refractivity contribution in [3.63, 3.8) is 0 Å². The number of methoxy groups -OCH3 is 2. The van der Waals surface area contributed by atoms with Crippen molar-refractivity contribution in [2.75, 3.05) is 19.5 Å². The number of anilines is 1. The SMILES string of the molecule is CCC(=O)Nc1ccc(C(=O)NN=C(C)c2ccc(OC)cc2OC)cc1. The number of nitrogens with one attached hydrogen (secondary N) is 2. The minimum Gasteiger partial charge on any atom is -0.497 e. The van der Waals surface area contributed by atoms with E-state index in [0.29, 0.717) is 34.9 Å². The van der Waals surface area contributed by atoms with Crippen LogP contribution in [0.5, 0.6) is 11.5 Å². The first kappa shape index (κ1) is 20.0. The van der Waals surface area contributed by atoms with E-state index in [1.54, 1.807) is 64.5 Å². The monoisotopic (exact) mass is 369 g/mol. The highest BCUT2D eigenvalue weighted by molar-refractivity contribution is 6.03. The molecule has 2 aromatic carbocycles. The van der Waals surface area contributed by atoms with E-state index in [0.717, 1.165) is 5.56 Å². The molecule has 0 spiro atoms. The quantitative estimate of drug-likeness (QED) is 0.579. The number of carbonyl (C=O) groups excluding carboxylic acids is 2. The van der Waals surface area contributed by atoms with E-state index in [1.165, 1.54) is 0 Å². The molecule has 0 aliphatic rings. The largest absolute Gasteiger partial charge is 0.497 e. The molecule has 0 fully saturated rings. The average Bonchev–Trinajstić information content (AvgIpc) is 2.71. The van der Waals surface area contributed by atoms with Crippen LogP contribution in [-0.2, 0) is 4.79 Å². The van der Waals surface area contributed by atoms with Crippen LogP contribution in [0.4, 0.5) is 5.69 Å². The summed E-state index contributed by atoms with van der Waals surface area (Å²) in [7, 11) is 3.14. The van der Waals surface area contributed by atoms with Gasteiger partial charge in [0.2, 0.25) is 5.91 Å². The Bertz CT molecular complexity index is 845. The molecule has 27 heavy (non-hydrogen) atoms. The normalized spacial score (nSPS) is 10.9. The maximum absolute atomic E-state index is 12.3. The zero-order chi connectivity index (χ0) is 19.8. The Morgan fingerprint density at radius 1 is 1.04 bits per heavy atom. The van der Waals surface area contributed by atoms with Crippen molar-refractivity contribution in [3.05, 3.63) is 53.6 Å². The van der Waals surface area contributed by atoms with Gasteiger partial charge in [-0.15, -0.1) is 0 Å². The summed E-state index contributed by atoms with van der Waals surface area (Å²) in [5, 5.41) is 6.87. The minimum absolute atomic E-state index is 0.0825. The zero-order valence-corrected chi connectivity index (χ0v) is 15.8.